The summed E-state index contributed by atoms with van der Waals surface area (Å²) < 4.78 is 16.5. The maximum atomic E-state index is 13.5. The molecule has 4 rings (SSSR count). The van der Waals surface area contributed by atoms with E-state index in [4.69, 9.17) is 9.47 Å². The van der Waals surface area contributed by atoms with Gasteiger partial charge in [-0.15, -0.1) is 0 Å². The molecule has 7 unspecified atom stereocenters. The molecular weight excluding hydrogens is 576 g/mol. The van der Waals surface area contributed by atoms with Crippen LogP contribution in [-0.4, -0.2) is 50.8 Å². The van der Waals surface area contributed by atoms with Gasteiger partial charge in [-0.2, -0.15) is 0 Å². The third-order valence-corrected chi connectivity index (χ3v) is 11.9. The van der Waals surface area contributed by atoms with Crippen LogP contribution in [-0.2, 0) is 18.6 Å². The minimum Gasteiger partial charge on any atom is -0.551 e. The van der Waals surface area contributed by atoms with Crippen LogP contribution in [0.15, 0.2) is 48.3 Å². The van der Waals surface area contributed by atoms with Gasteiger partial charge in [0.05, 0.1) is 0 Å². The number of aliphatic hydroxyl groups is 2. The molecule has 258 valence electrons. The maximum absolute atomic E-state index is 13.5. The van der Waals surface area contributed by atoms with Crippen LogP contribution >= 0.6 is 0 Å². The van der Waals surface area contributed by atoms with Gasteiger partial charge in [0.15, 0.2) is 11.7 Å². The summed E-state index contributed by atoms with van der Waals surface area (Å²) in [5.74, 6) is 1.80. The number of allylic oxidation sites excluding steroid dienone is 1. The molecule has 1 heterocycles. The molecule has 0 aromatic heterocycles. The van der Waals surface area contributed by atoms with Crippen LogP contribution in [0.4, 0.5) is 0 Å². The zero-order chi connectivity index (χ0) is 34.4. The number of hydrogen-bond acceptors (Lipinski definition) is 5. The van der Waals surface area contributed by atoms with Crippen molar-refractivity contribution < 1.29 is 28.8 Å². The Kier molecular flexibility index (Phi) is 10.6. The number of esters is 1. The predicted molar refractivity (Wildman–Crippen MR) is 186 cm³/mol. The average Bonchev–Trinajstić information content (AvgIpc) is 3.62. The summed E-state index contributed by atoms with van der Waals surface area (Å²) in [4.78, 5) is 13.5. The quantitative estimate of drug-likeness (QED) is 0.0740. The molecule has 6 heteroatoms. The molecule has 7 atom stereocenters. The number of epoxide rings is 1. The minimum absolute atomic E-state index is 0.0223. The van der Waals surface area contributed by atoms with E-state index in [1.54, 1.807) is 0 Å². The van der Waals surface area contributed by atoms with Crippen molar-refractivity contribution in [2.24, 2.45) is 23.7 Å². The lowest BCUT2D eigenvalue weighted by atomic mass is 9.75. The van der Waals surface area contributed by atoms with Gasteiger partial charge in [0, 0.05) is 37.8 Å². The summed E-state index contributed by atoms with van der Waals surface area (Å²) in [6, 6.07) is 8.80. The van der Waals surface area contributed by atoms with E-state index in [2.05, 4.69) is 96.7 Å². The van der Waals surface area contributed by atoms with Gasteiger partial charge in [0.1, 0.15) is 17.0 Å². The van der Waals surface area contributed by atoms with E-state index in [0.29, 0.717) is 24.0 Å². The number of benzene rings is 1. The Hall–Kier alpha value is -2.31. The SMILES string of the molecule is C=C(OC1C(C(C)C)CCC2(C)C1[O+]2c1ccc(C(C)C)cc1)C(O)(CCC(C)(O)C(=O)OC1(C(C)C)CC=C(C)CC1)C(C)C. The molecule has 1 aliphatic heterocycles. The Labute approximate surface area is 279 Å². The Morgan fingerprint density at radius 2 is 1.67 bits per heavy atom. The lowest BCUT2D eigenvalue weighted by Gasteiger charge is -2.42. The van der Waals surface area contributed by atoms with Crippen molar-refractivity contribution >= 4 is 5.97 Å². The van der Waals surface area contributed by atoms with E-state index in [0.717, 1.165) is 31.4 Å². The molecule has 1 aromatic rings. The standard InChI is InChI=1S/C40H63O6/c1-25(2)31-13-15-32(16-14-31)46-35-34(33(26(3)4)19-20-38(35,46)12)44-30(10)40(43,28(7)8)24-23-37(11,42)36(41)45-39(27(5)6)21-17-29(9)18-22-39/h13-17,25-28,33-35,42-43H,10,18-24H2,1-9,11-12H3/q+1. The van der Waals surface area contributed by atoms with Gasteiger partial charge >= 0.3 is 12.1 Å². The van der Waals surface area contributed by atoms with E-state index in [-0.39, 0.29) is 48.4 Å². The highest BCUT2D eigenvalue weighted by Crippen LogP contribution is 2.64. The normalized spacial score (nSPS) is 30.5. The van der Waals surface area contributed by atoms with Gasteiger partial charge in [0.2, 0.25) is 0 Å². The molecule has 0 spiro atoms. The summed E-state index contributed by atoms with van der Waals surface area (Å²) in [6.07, 6.45) is 6.52. The molecule has 6 nitrogen and oxygen atoms in total. The van der Waals surface area contributed by atoms with Gasteiger partial charge in [-0.1, -0.05) is 73.6 Å². The Balaban J connectivity index is 1.51. The maximum Gasteiger partial charge on any atom is 0.338 e. The molecule has 0 amide bonds. The first-order valence-electron chi connectivity index (χ1n) is 17.8. The summed E-state index contributed by atoms with van der Waals surface area (Å²) in [5.41, 5.74) is -1.33. The smallest absolute Gasteiger partial charge is 0.338 e. The van der Waals surface area contributed by atoms with E-state index in [1.807, 2.05) is 13.8 Å². The monoisotopic (exact) mass is 639 g/mol. The second-order valence-electron chi connectivity index (χ2n) is 16.5. The van der Waals surface area contributed by atoms with E-state index >= 15 is 0 Å². The Bertz CT molecular complexity index is 1270. The van der Waals surface area contributed by atoms with Gasteiger partial charge in [0.25, 0.3) is 11.4 Å². The number of carbonyl (C=O) groups excluding carboxylic acids is 1. The Morgan fingerprint density at radius 3 is 2.17 bits per heavy atom. The van der Waals surface area contributed by atoms with Crippen LogP contribution in [0, 0.1) is 23.7 Å². The number of carbonyl (C=O) groups is 1. The van der Waals surface area contributed by atoms with Crippen LogP contribution in [0.1, 0.15) is 133 Å². The highest BCUT2D eigenvalue weighted by atomic mass is 16.8. The first kappa shape index (κ1) is 36.5. The highest BCUT2D eigenvalue weighted by Gasteiger charge is 2.77. The minimum atomic E-state index is -1.77. The average molecular weight is 640 g/mol. The molecular formula is C40H63O6+. The van der Waals surface area contributed by atoms with E-state index in [1.165, 1.54) is 18.1 Å². The lowest BCUT2D eigenvalue weighted by Crippen LogP contribution is -2.49. The van der Waals surface area contributed by atoms with Crippen LogP contribution in [0.25, 0.3) is 0 Å². The summed E-state index contributed by atoms with van der Waals surface area (Å²) in [7, 11) is 0. The van der Waals surface area contributed by atoms with Crippen molar-refractivity contribution in [1.82, 2.24) is 0 Å². The first-order valence-corrected chi connectivity index (χ1v) is 17.8. The van der Waals surface area contributed by atoms with Crippen molar-refractivity contribution in [1.29, 1.82) is 0 Å². The fraction of sp³-hybridized carbons (Fsp3) is 0.725. The first-order chi connectivity index (χ1) is 21.3. The molecule has 0 radical (unpaired) electrons. The molecule has 1 aromatic carbocycles. The van der Waals surface area contributed by atoms with Crippen molar-refractivity contribution in [2.75, 3.05) is 0 Å². The fourth-order valence-corrected chi connectivity index (χ4v) is 7.81. The van der Waals surface area contributed by atoms with Gasteiger partial charge in [-0.25, -0.2) is 4.79 Å². The number of rotatable bonds is 13. The van der Waals surface area contributed by atoms with Crippen LogP contribution in [0.5, 0.6) is 5.75 Å². The molecule has 0 bridgehead atoms. The molecule has 3 aliphatic rings. The van der Waals surface area contributed by atoms with Gasteiger partial charge in [-0.3, -0.25) is 0 Å². The third kappa shape index (κ3) is 6.95. The zero-order valence-corrected chi connectivity index (χ0v) is 30.6. The topological polar surface area (TPSA) is 78.7 Å². The number of fused-ring (bicyclic) bond motifs is 1. The largest absolute Gasteiger partial charge is 0.551 e. The molecule has 46 heavy (non-hydrogen) atoms. The summed E-state index contributed by atoms with van der Waals surface area (Å²) in [5, 5.41) is 23.6. The number of hydrogen-bond donors (Lipinski definition) is 2. The van der Waals surface area contributed by atoms with Crippen LogP contribution in [0.3, 0.4) is 0 Å². The van der Waals surface area contributed by atoms with Crippen molar-refractivity contribution in [3.63, 3.8) is 0 Å². The molecule has 1 saturated heterocycles. The van der Waals surface area contributed by atoms with Crippen molar-refractivity contribution in [3.05, 3.63) is 53.8 Å². The highest BCUT2D eigenvalue weighted by molar-refractivity contribution is 5.79. The number of ether oxygens (including phenoxy) is 2. The van der Waals surface area contributed by atoms with Gasteiger partial charge < -0.3 is 24.1 Å². The third-order valence-electron chi connectivity index (χ3n) is 11.9. The predicted octanol–water partition coefficient (Wildman–Crippen LogP) is 9.17. The lowest BCUT2D eigenvalue weighted by molar-refractivity contribution is -0.188. The Morgan fingerprint density at radius 1 is 1.04 bits per heavy atom. The van der Waals surface area contributed by atoms with Crippen molar-refractivity contribution in [3.8, 4) is 5.75 Å². The van der Waals surface area contributed by atoms with E-state index < -0.39 is 22.8 Å². The molecule has 2 fully saturated rings. The molecule has 1 saturated carbocycles. The van der Waals surface area contributed by atoms with E-state index in [9.17, 15) is 15.0 Å². The molecule has 2 aliphatic carbocycles. The fourth-order valence-electron chi connectivity index (χ4n) is 7.81. The summed E-state index contributed by atoms with van der Waals surface area (Å²) >= 11 is 0. The second kappa shape index (κ2) is 13.3. The van der Waals surface area contributed by atoms with Crippen molar-refractivity contribution in [2.45, 2.75) is 162 Å². The zero-order valence-electron chi connectivity index (χ0n) is 30.6. The van der Waals surface area contributed by atoms with Crippen LogP contribution in [0.2, 0.25) is 0 Å². The second-order valence-corrected chi connectivity index (χ2v) is 16.5. The summed E-state index contributed by atoms with van der Waals surface area (Å²) in [6.45, 7) is 27.1. The van der Waals surface area contributed by atoms with Gasteiger partial charge in [-0.05, 0) is 87.3 Å². The van der Waals surface area contributed by atoms with Crippen LogP contribution < -0.4 is 0 Å². The molecule has 2 N–H and O–H groups in total.